The molecule has 0 radical (unpaired) electrons. The molecule has 8 aromatic rings. The molecule has 0 aliphatic carbocycles. The Balaban J connectivity index is 1.42. The molecule has 13 rings (SSSR count). The topological polar surface area (TPSA) is 129 Å². The Morgan fingerprint density at radius 2 is 0.552 bits per heavy atom. The summed E-state index contributed by atoms with van der Waals surface area (Å²) in [6.45, 7) is 36.4. The van der Waals surface area contributed by atoms with Crippen LogP contribution in [0.1, 0.15) is 67.7 Å². The smallest absolute Gasteiger partial charge is 0.413 e. The van der Waals surface area contributed by atoms with Crippen molar-refractivity contribution in [2.45, 2.75) is 142 Å². The van der Waals surface area contributed by atoms with Gasteiger partial charge < -0.3 is 57.6 Å². The highest BCUT2D eigenvalue weighted by Crippen LogP contribution is 2.66. The zero-order chi connectivity index (χ0) is 68.4. The van der Waals surface area contributed by atoms with E-state index in [1.807, 2.05) is 243 Å². The maximum absolute atomic E-state index is 9.07. The molecule has 5 heterocycles. The molecule has 0 amide bonds. The summed E-state index contributed by atoms with van der Waals surface area (Å²) < 4.78 is 124. The van der Waals surface area contributed by atoms with E-state index < -0.39 is 119 Å². The van der Waals surface area contributed by atoms with Gasteiger partial charge in [0.15, 0.2) is 33.3 Å². The highest BCUT2D eigenvalue weighted by atomic mass is 28.6. The first-order valence-electron chi connectivity index (χ1n) is 33.6. The monoisotopic (exact) mass is 1490 g/mol. The van der Waals surface area contributed by atoms with E-state index in [4.69, 9.17) is 57.6 Å². The van der Waals surface area contributed by atoms with Crippen molar-refractivity contribution in [3.05, 3.63) is 243 Å². The zero-order valence-electron chi connectivity index (χ0n) is 58.4. The van der Waals surface area contributed by atoms with Gasteiger partial charge in [-0.2, -0.15) is 0 Å². The van der Waals surface area contributed by atoms with Crippen LogP contribution in [-0.2, 0) is 57.6 Å². The summed E-state index contributed by atoms with van der Waals surface area (Å²) in [5.74, 6) is 0. The molecule has 8 aromatic carbocycles. The molecule has 0 N–H and O–H groups in total. The third-order valence-corrected chi connectivity index (χ3v) is 74.4. The molecule has 96 heavy (non-hydrogen) atoms. The van der Waals surface area contributed by atoms with E-state index in [0.717, 1.165) is 12.8 Å². The quantitative estimate of drug-likeness (QED) is 0.0851. The van der Waals surface area contributed by atoms with Crippen LogP contribution in [-0.4, -0.2) is 104 Å². The average Bonchev–Trinajstić information content (AvgIpc) is 1.04. The van der Waals surface area contributed by atoms with Gasteiger partial charge in [-0.15, -0.1) is 0 Å². The molecule has 5 aliphatic rings. The summed E-state index contributed by atoms with van der Waals surface area (Å²) in [7, 11) is -54.8. The van der Waals surface area contributed by atoms with Crippen LogP contribution in [0.25, 0.3) is 0 Å². The lowest BCUT2D eigenvalue weighted by atomic mass is 9.92. The molecule has 5 atom stereocenters. The van der Waals surface area contributed by atoms with E-state index in [-0.39, 0.29) is 0 Å². The number of hydrogen-bond donors (Lipinski definition) is 0. The molecule has 5 saturated heterocycles. The molecule has 0 aromatic heterocycles. The van der Waals surface area contributed by atoms with Gasteiger partial charge in [0.05, 0.1) is 0 Å². The number of benzene rings is 8. The first-order valence-corrected chi connectivity index (χ1v) is 59.6. The molecule has 6 bridgehead atoms. The second-order valence-corrected chi connectivity index (χ2v) is 71.3. The van der Waals surface area contributed by atoms with Crippen LogP contribution in [0.2, 0.25) is 74.0 Å². The first-order chi connectivity index (χ1) is 45.4. The Morgan fingerprint density at radius 3 is 0.792 bits per heavy atom. The molecule has 506 valence electrons. The van der Waals surface area contributed by atoms with Crippen molar-refractivity contribution in [2.24, 2.45) is 0 Å². The maximum Gasteiger partial charge on any atom is 0.515 e. The van der Waals surface area contributed by atoms with E-state index in [2.05, 4.69) is 107 Å². The van der Waals surface area contributed by atoms with Crippen LogP contribution in [0.5, 0.6) is 0 Å². The Bertz CT molecular complexity index is 3840. The lowest BCUT2D eigenvalue weighted by molar-refractivity contribution is 0.0478. The van der Waals surface area contributed by atoms with Gasteiger partial charge in [0.2, 0.25) is 0 Å². The molecular formula is C70H94O14Si12. The van der Waals surface area contributed by atoms with Crippen LogP contribution in [0.15, 0.2) is 243 Å². The van der Waals surface area contributed by atoms with Crippen LogP contribution < -0.4 is 41.5 Å². The Labute approximate surface area is 582 Å². The fourth-order valence-corrected chi connectivity index (χ4v) is 77.9. The fourth-order valence-electron chi connectivity index (χ4n) is 13.8. The molecule has 5 fully saturated rings. The van der Waals surface area contributed by atoms with Gasteiger partial charge >= 0.3 is 70.4 Å². The SMILES string of the molecule is CCCC(C)(C)[Si](C)(C)O[Si]1(c2ccccc2)O[Si]2(c3ccccc3)O[Si]3(c4ccccc4)O[Si](O[Si](C)(C)C)(c4ccccc4)O[Si]4(c5ccccc5)O[Si](c5ccccc5)(O1)O[Si](c1ccccc1)(O2)O[Si](C)(C)C(C)(C)C(C)(CC)[Si](C)(C)O[Si](c1ccccc1)(O3)O4. The normalized spacial score (nSPS) is 31.5. The zero-order valence-corrected chi connectivity index (χ0v) is 70.4. The third kappa shape index (κ3) is 12.8. The van der Waals surface area contributed by atoms with Crippen molar-refractivity contribution in [1.29, 1.82) is 0 Å². The van der Waals surface area contributed by atoms with Crippen molar-refractivity contribution in [2.75, 3.05) is 0 Å². The first kappa shape index (κ1) is 71.6. The summed E-state index contributed by atoms with van der Waals surface area (Å²) in [4.78, 5) is 0. The lowest BCUT2D eigenvalue weighted by Crippen LogP contribution is -2.91. The Hall–Kier alpha value is -4.20. The number of fused-ring (bicyclic) bond motifs is 9. The molecule has 0 spiro atoms. The minimum absolute atomic E-state index is 0.401. The lowest BCUT2D eigenvalue weighted by Gasteiger charge is -2.59. The van der Waals surface area contributed by atoms with Crippen molar-refractivity contribution in [3.8, 4) is 0 Å². The van der Waals surface area contributed by atoms with Crippen molar-refractivity contribution in [3.63, 3.8) is 0 Å². The van der Waals surface area contributed by atoms with Gasteiger partial charge in [0.25, 0.3) is 0 Å². The van der Waals surface area contributed by atoms with Crippen molar-refractivity contribution >= 4 is 145 Å². The Kier molecular flexibility index (Phi) is 19.6. The van der Waals surface area contributed by atoms with Gasteiger partial charge in [-0.1, -0.05) is 304 Å². The highest BCUT2D eigenvalue weighted by molar-refractivity contribution is 7.12. The second kappa shape index (κ2) is 26.3. The summed E-state index contributed by atoms with van der Waals surface area (Å²) in [6.07, 6.45) is 2.41. The predicted octanol–water partition coefficient (Wildman–Crippen LogP) is 12.0. The molecular weight excluding hydrogens is 1400 g/mol. The Morgan fingerprint density at radius 1 is 0.323 bits per heavy atom. The van der Waals surface area contributed by atoms with E-state index in [1.54, 1.807) is 0 Å². The van der Waals surface area contributed by atoms with E-state index in [9.17, 15) is 0 Å². The standard InChI is InChI=1S/C70H94O14Si12/c1-17-59-68(3,4)86(11,12)72-90(61-45-29-20-30-46-61)77-95(66-55-39-25-40-56-66)79-91(62-47-31-21-32-48-62)73-87(13,14)69(5,6)70(7,18-2)88(15,16)74-92(63-49-33-22-34-50-63)81-93(83-95,64-51-35-23-36-52-64)75-89(71-85(8,9)10,60-43-27-19-28-44-60)76-94(82-92,65-53-37-24-38-54-65)84-96(78-90,80-91)67-57-41-26-42-58-67/h19-58H,17-18,59H2,1-16H3. The van der Waals surface area contributed by atoms with Crippen molar-refractivity contribution < 1.29 is 57.6 Å². The van der Waals surface area contributed by atoms with Crippen LogP contribution in [0.3, 0.4) is 0 Å². The largest absolute Gasteiger partial charge is 0.515 e. The fraction of sp³-hybridized carbons (Fsp3) is 0.314. The van der Waals surface area contributed by atoms with Gasteiger partial charge in [-0.05, 0) is 80.5 Å². The third-order valence-electron chi connectivity index (χ3n) is 20.7. The van der Waals surface area contributed by atoms with Gasteiger partial charge in [-0.3, -0.25) is 0 Å². The minimum atomic E-state index is -5.38. The highest BCUT2D eigenvalue weighted by Gasteiger charge is 2.82. The maximum atomic E-state index is 9.07. The minimum Gasteiger partial charge on any atom is -0.413 e. The van der Waals surface area contributed by atoms with E-state index in [0.29, 0.717) is 47.9 Å². The number of rotatable bonds is 16. The van der Waals surface area contributed by atoms with Crippen LogP contribution >= 0.6 is 0 Å². The molecule has 5 unspecified atom stereocenters. The molecule has 0 saturated carbocycles. The van der Waals surface area contributed by atoms with Gasteiger partial charge in [-0.25, -0.2) is 0 Å². The summed E-state index contributed by atoms with van der Waals surface area (Å²) in [6, 6.07) is 80.1. The molecule has 14 nitrogen and oxygen atoms in total. The van der Waals surface area contributed by atoms with E-state index >= 15 is 0 Å². The molecule has 5 aliphatic heterocycles. The predicted molar refractivity (Wildman–Crippen MR) is 407 cm³/mol. The summed E-state index contributed by atoms with van der Waals surface area (Å²) >= 11 is 0. The van der Waals surface area contributed by atoms with Gasteiger partial charge in [0, 0.05) is 41.5 Å². The number of hydrogen-bond acceptors (Lipinski definition) is 14. The van der Waals surface area contributed by atoms with E-state index in [1.165, 1.54) is 0 Å². The molecule has 26 heteroatoms. The summed E-state index contributed by atoms with van der Waals surface area (Å²) in [5, 5.41) is 2.82. The van der Waals surface area contributed by atoms with Crippen molar-refractivity contribution in [1.82, 2.24) is 0 Å². The van der Waals surface area contributed by atoms with Gasteiger partial charge in [0.1, 0.15) is 0 Å². The van der Waals surface area contributed by atoms with Crippen LogP contribution in [0.4, 0.5) is 0 Å². The summed E-state index contributed by atoms with van der Waals surface area (Å²) in [5.41, 5.74) is 0. The second-order valence-electron chi connectivity index (χ2n) is 29.4. The van der Waals surface area contributed by atoms with Crippen LogP contribution in [0, 0.1) is 0 Å². The average molecular weight is 1500 g/mol.